The number of hydrogen-bond acceptors (Lipinski definition) is 6. The average Bonchev–Trinajstić information content (AvgIpc) is 3.30. The summed E-state index contributed by atoms with van der Waals surface area (Å²) in [7, 11) is 0. The Morgan fingerprint density at radius 2 is 2.19 bits per heavy atom. The third-order valence-electron chi connectivity index (χ3n) is 3.90. The van der Waals surface area contributed by atoms with Crippen LogP contribution in [0.2, 0.25) is 0 Å². The van der Waals surface area contributed by atoms with Crippen molar-refractivity contribution in [3.05, 3.63) is 46.5 Å². The molecule has 4 rings (SSSR count). The molecule has 134 valence electrons. The maximum atomic E-state index is 12.4. The van der Waals surface area contributed by atoms with Crippen LogP contribution in [0.1, 0.15) is 0 Å². The van der Waals surface area contributed by atoms with Crippen molar-refractivity contribution in [3.63, 3.8) is 0 Å². The lowest BCUT2D eigenvalue weighted by atomic mass is 10.2. The van der Waals surface area contributed by atoms with Crippen molar-refractivity contribution in [1.29, 1.82) is 0 Å². The van der Waals surface area contributed by atoms with Gasteiger partial charge in [-0.2, -0.15) is 5.10 Å². The molecule has 3 heterocycles. The van der Waals surface area contributed by atoms with Gasteiger partial charge in [-0.25, -0.2) is 0 Å². The van der Waals surface area contributed by atoms with Crippen molar-refractivity contribution >= 4 is 29.5 Å². The Morgan fingerprint density at radius 3 is 3.00 bits per heavy atom. The number of carbonyl (C=O) groups excluding carboxylic acids is 1. The first-order valence-electron chi connectivity index (χ1n) is 8.05. The quantitative estimate of drug-likeness (QED) is 0.657. The molecular weight excluding hydrogens is 372 g/mol. The molecule has 0 radical (unpaired) electrons. The van der Waals surface area contributed by atoms with E-state index in [1.165, 1.54) is 0 Å². The van der Waals surface area contributed by atoms with E-state index in [4.69, 9.17) is 21.7 Å². The lowest BCUT2D eigenvalue weighted by molar-refractivity contribution is -0.122. The summed E-state index contributed by atoms with van der Waals surface area (Å²) in [5.74, 6) is 1.91. The molecule has 0 aliphatic carbocycles. The lowest BCUT2D eigenvalue weighted by Crippen LogP contribution is -2.41. The summed E-state index contributed by atoms with van der Waals surface area (Å²) < 4.78 is 13.6. The normalized spacial score (nSPS) is 15.6. The SMILES string of the molecule is O=C(Cn1c(-c2cccs2)n[nH]c1=S)NC[C@@H]1COc2ccccc2O1. The number of amides is 1. The predicted molar refractivity (Wildman–Crippen MR) is 100 cm³/mol. The zero-order valence-electron chi connectivity index (χ0n) is 13.7. The number of carbonyl (C=O) groups is 1. The number of para-hydroxylation sites is 2. The topological polar surface area (TPSA) is 81.2 Å². The molecular formula is C17H16N4O3S2. The van der Waals surface area contributed by atoms with Crippen LogP contribution in [0.4, 0.5) is 0 Å². The van der Waals surface area contributed by atoms with E-state index in [1.807, 2.05) is 41.8 Å². The molecule has 0 unspecified atom stereocenters. The van der Waals surface area contributed by atoms with E-state index >= 15 is 0 Å². The number of nitrogens with one attached hydrogen (secondary N) is 2. The first-order valence-corrected chi connectivity index (χ1v) is 9.34. The minimum atomic E-state index is -0.233. The minimum Gasteiger partial charge on any atom is -0.486 e. The summed E-state index contributed by atoms with van der Waals surface area (Å²) in [6.45, 7) is 0.836. The molecule has 1 aliphatic heterocycles. The van der Waals surface area contributed by atoms with E-state index in [1.54, 1.807) is 15.9 Å². The molecule has 1 aromatic carbocycles. The summed E-state index contributed by atoms with van der Waals surface area (Å²) >= 11 is 6.79. The highest BCUT2D eigenvalue weighted by atomic mass is 32.1. The van der Waals surface area contributed by atoms with Gasteiger partial charge in [-0.15, -0.1) is 11.3 Å². The van der Waals surface area contributed by atoms with E-state index in [0.717, 1.165) is 10.6 Å². The predicted octanol–water partition coefficient (Wildman–Crippen LogP) is 2.63. The van der Waals surface area contributed by atoms with Crippen molar-refractivity contribution in [2.45, 2.75) is 12.6 Å². The number of hydrogen-bond donors (Lipinski definition) is 2. The van der Waals surface area contributed by atoms with Crippen LogP contribution in [0.25, 0.3) is 10.7 Å². The van der Waals surface area contributed by atoms with Gasteiger partial charge < -0.3 is 14.8 Å². The molecule has 2 aromatic heterocycles. The van der Waals surface area contributed by atoms with Crippen molar-refractivity contribution in [1.82, 2.24) is 20.1 Å². The maximum absolute atomic E-state index is 12.4. The van der Waals surface area contributed by atoms with Crippen LogP contribution in [0.5, 0.6) is 11.5 Å². The summed E-state index contributed by atoms with van der Waals surface area (Å²) in [6, 6.07) is 11.4. The van der Waals surface area contributed by atoms with E-state index in [9.17, 15) is 4.79 Å². The number of H-pyrrole nitrogens is 1. The second-order valence-corrected chi connectivity index (χ2v) is 7.05. The van der Waals surface area contributed by atoms with Crippen LogP contribution in [0, 0.1) is 4.77 Å². The van der Waals surface area contributed by atoms with Crippen LogP contribution in [0.3, 0.4) is 0 Å². The third kappa shape index (κ3) is 3.49. The van der Waals surface area contributed by atoms with Crippen LogP contribution >= 0.6 is 23.6 Å². The Hall–Kier alpha value is -2.65. The summed E-state index contributed by atoms with van der Waals surface area (Å²) in [5.41, 5.74) is 0. The van der Waals surface area contributed by atoms with Gasteiger partial charge in [0.05, 0.1) is 11.4 Å². The lowest BCUT2D eigenvalue weighted by Gasteiger charge is -2.26. The molecule has 0 bridgehead atoms. The number of benzene rings is 1. The van der Waals surface area contributed by atoms with Crippen LogP contribution in [-0.4, -0.2) is 39.9 Å². The summed E-state index contributed by atoms with van der Waals surface area (Å²) in [6.07, 6.45) is -0.233. The van der Waals surface area contributed by atoms with Gasteiger partial charge in [0.2, 0.25) is 5.91 Å². The minimum absolute atomic E-state index is 0.0900. The molecule has 0 spiro atoms. The highest BCUT2D eigenvalue weighted by molar-refractivity contribution is 7.71. The van der Waals surface area contributed by atoms with Crippen molar-refractivity contribution in [2.75, 3.05) is 13.2 Å². The monoisotopic (exact) mass is 388 g/mol. The van der Waals surface area contributed by atoms with Gasteiger partial charge in [0, 0.05) is 0 Å². The number of aromatic amines is 1. The van der Waals surface area contributed by atoms with Gasteiger partial charge in [0.1, 0.15) is 19.3 Å². The number of nitrogens with zero attached hydrogens (tertiary/aromatic N) is 2. The molecule has 7 nitrogen and oxygen atoms in total. The molecule has 0 saturated heterocycles. The zero-order valence-corrected chi connectivity index (χ0v) is 15.3. The van der Waals surface area contributed by atoms with Gasteiger partial charge in [-0.1, -0.05) is 18.2 Å². The third-order valence-corrected chi connectivity index (χ3v) is 5.07. The Bertz CT molecular complexity index is 965. The largest absolute Gasteiger partial charge is 0.486 e. The van der Waals surface area contributed by atoms with Gasteiger partial charge in [0.15, 0.2) is 22.1 Å². The molecule has 3 aromatic rings. The number of ether oxygens (including phenoxy) is 2. The molecule has 26 heavy (non-hydrogen) atoms. The number of aromatic nitrogens is 3. The smallest absolute Gasteiger partial charge is 0.240 e. The fourth-order valence-electron chi connectivity index (χ4n) is 2.65. The highest BCUT2D eigenvalue weighted by Crippen LogP contribution is 2.30. The molecule has 2 N–H and O–H groups in total. The van der Waals surface area contributed by atoms with Crippen molar-refractivity contribution in [2.24, 2.45) is 0 Å². The van der Waals surface area contributed by atoms with Crippen LogP contribution in [0.15, 0.2) is 41.8 Å². The van der Waals surface area contributed by atoms with Crippen LogP contribution < -0.4 is 14.8 Å². The highest BCUT2D eigenvalue weighted by Gasteiger charge is 2.21. The molecule has 1 amide bonds. The molecule has 0 saturated carbocycles. The Labute approximate surface area is 158 Å². The molecule has 9 heteroatoms. The molecule has 0 fully saturated rings. The van der Waals surface area contributed by atoms with Gasteiger partial charge in [0.25, 0.3) is 0 Å². The summed E-state index contributed by atoms with van der Waals surface area (Å²) in [5, 5.41) is 11.8. The Kier molecular flexibility index (Phi) is 4.72. The molecule has 1 atom stereocenters. The number of thiophene rings is 1. The van der Waals surface area contributed by atoms with Gasteiger partial charge in [-0.05, 0) is 35.8 Å². The van der Waals surface area contributed by atoms with Gasteiger partial charge in [-0.3, -0.25) is 14.5 Å². The van der Waals surface area contributed by atoms with Gasteiger partial charge >= 0.3 is 0 Å². The standard InChI is InChI=1S/C17H16N4O3S2/c22-15(9-21-16(19-20-17(21)25)14-6-3-7-26-14)18-8-11-10-23-12-4-1-2-5-13(12)24-11/h1-7,11H,8-10H2,(H,18,22)(H,20,25)/t11-/m1/s1. The average molecular weight is 388 g/mol. The first-order chi connectivity index (χ1) is 12.7. The van der Waals surface area contributed by atoms with Crippen LogP contribution in [-0.2, 0) is 11.3 Å². The first kappa shape index (κ1) is 16.8. The van der Waals surface area contributed by atoms with E-state index in [2.05, 4.69) is 15.5 Å². The van der Waals surface area contributed by atoms with E-state index < -0.39 is 0 Å². The fraction of sp³-hybridized carbons (Fsp3) is 0.235. The van der Waals surface area contributed by atoms with Crippen molar-refractivity contribution in [3.8, 4) is 22.2 Å². The second kappa shape index (κ2) is 7.30. The van der Waals surface area contributed by atoms with E-state index in [-0.39, 0.29) is 18.6 Å². The maximum Gasteiger partial charge on any atom is 0.240 e. The Balaban J connectivity index is 1.37. The van der Waals surface area contributed by atoms with Crippen molar-refractivity contribution < 1.29 is 14.3 Å². The zero-order chi connectivity index (χ0) is 17.9. The second-order valence-electron chi connectivity index (χ2n) is 5.72. The number of fused-ring (bicyclic) bond motifs is 1. The molecule has 1 aliphatic rings. The van der Waals surface area contributed by atoms with E-state index in [0.29, 0.717) is 29.5 Å². The summed E-state index contributed by atoms with van der Waals surface area (Å²) in [4.78, 5) is 13.3. The number of rotatable bonds is 5. The Morgan fingerprint density at radius 1 is 1.35 bits per heavy atom. The fourth-order valence-corrected chi connectivity index (χ4v) is 3.57.